The van der Waals surface area contributed by atoms with E-state index < -0.39 is 0 Å². The Hall–Kier alpha value is -1.83. The van der Waals surface area contributed by atoms with Crippen LogP contribution in [0.5, 0.6) is 0 Å². The Morgan fingerprint density at radius 1 is 1.32 bits per heavy atom. The number of hydrogen-bond donors (Lipinski definition) is 1. The summed E-state index contributed by atoms with van der Waals surface area (Å²) in [6.45, 7) is 1.43. The maximum atomic E-state index is 12.6. The first-order chi connectivity index (χ1) is 13.4. The highest BCUT2D eigenvalue weighted by Crippen LogP contribution is 2.28. The van der Waals surface area contributed by atoms with Crippen LogP contribution in [0.25, 0.3) is 0 Å². The summed E-state index contributed by atoms with van der Waals surface area (Å²) in [7, 11) is 3.99. The number of hydrogen-bond acceptors (Lipinski definition) is 5. The molecule has 28 heavy (non-hydrogen) atoms. The second-order valence-corrected chi connectivity index (χ2v) is 8.53. The maximum Gasteiger partial charge on any atom is 0.348 e. The van der Waals surface area contributed by atoms with Gasteiger partial charge in [0.1, 0.15) is 5.03 Å². The third-order valence-corrected chi connectivity index (χ3v) is 5.92. The zero-order valence-corrected chi connectivity index (χ0v) is 17.8. The van der Waals surface area contributed by atoms with Crippen LogP contribution in [-0.4, -0.2) is 46.8 Å². The molecule has 0 aliphatic heterocycles. The van der Waals surface area contributed by atoms with Gasteiger partial charge in [-0.3, -0.25) is 9.36 Å². The van der Waals surface area contributed by atoms with Crippen molar-refractivity contribution in [2.45, 2.75) is 37.3 Å². The minimum Gasteiger partial charge on any atom is -0.325 e. The number of thioether (sulfide) groups is 1. The molecule has 1 aromatic carbocycles. The number of carbonyl (C=O) groups is 1. The lowest BCUT2D eigenvalue weighted by molar-refractivity contribution is -0.113. The molecule has 1 aliphatic rings. The topological polar surface area (TPSA) is 67.2 Å². The maximum absolute atomic E-state index is 12.6. The monoisotopic (exact) mass is 420 g/mol. The molecule has 6 nitrogen and oxygen atoms in total. The number of nitrogens with zero attached hydrogens (tertiary/aromatic N) is 3. The van der Waals surface area contributed by atoms with Crippen molar-refractivity contribution in [1.82, 2.24) is 14.5 Å². The van der Waals surface area contributed by atoms with Gasteiger partial charge < -0.3 is 10.2 Å². The zero-order valence-electron chi connectivity index (χ0n) is 16.2. The summed E-state index contributed by atoms with van der Waals surface area (Å²) < 4.78 is 1.81. The SMILES string of the molecule is CN(C)CCn1c2c(c(SCC(=O)Nc3cccc(Cl)c3)nc1=O)CCCC2. The van der Waals surface area contributed by atoms with Crippen molar-refractivity contribution in [1.29, 1.82) is 0 Å². The minimum atomic E-state index is -0.222. The summed E-state index contributed by atoms with van der Waals surface area (Å²) in [5.41, 5.74) is 2.66. The van der Waals surface area contributed by atoms with E-state index in [1.54, 1.807) is 24.3 Å². The highest BCUT2D eigenvalue weighted by Gasteiger charge is 2.21. The van der Waals surface area contributed by atoms with Crippen LogP contribution in [0.2, 0.25) is 5.02 Å². The second-order valence-electron chi connectivity index (χ2n) is 7.13. The zero-order chi connectivity index (χ0) is 20.1. The predicted molar refractivity (Wildman–Crippen MR) is 114 cm³/mol. The highest BCUT2D eigenvalue weighted by molar-refractivity contribution is 8.00. The Kier molecular flexibility index (Phi) is 7.15. The lowest BCUT2D eigenvalue weighted by atomic mass is 9.97. The van der Waals surface area contributed by atoms with E-state index in [0.29, 0.717) is 22.3 Å². The molecule has 0 unspecified atom stereocenters. The Bertz CT molecular complexity index is 914. The number of fused-ring (bicyclic) bond motifs is 1. The first-order valence-electron chi connectivity index (χ1n) is 9.39. The van der Waals surface area contributed by atoms with Crippen LogP contribution < -0.4 is 11.0 Å². The second kappa shape index (κ2) is 9.58. The number of aromatic nitrogens is 2. The molecule has 0 atom stereocenters. The highest BCUT2D eigenvalue weighted by atomic mass is 35.5. The van der Waals surface area contributed by atoms with E-state index in [1.807, 2.05) is 18.7 Å². The fourth-order valence-electron chi connectivity index (χ4n) is 3.29. The van der Waals surface area contributed by atoms with Gasteiger partial charge in [0, 0.05) is 35.1 Å². The summed E-state index contributed by atoms with van der Waals surface area (Å²) in [6.07, 6.45) is 3.96. The molecule has 0 spiro atoms. The molecule has 1 amide bonds. The summed E-state index contributed by atoms with van der Waals surface area (Å²) in [6, 6.07) is 7.04. The molecule has 3 rings (SSSR count). The molecule has 0 saturated carbocycles. The first-order valence-corrected chi connectivity index (χ1v) is 10.8. The smallest absolute Gasteiger partial charge is 0.325 e. The fraction of sp³-hybridized carbons (Fsp3) is 0.450. The van der Waals surface area contributed by atoms with Crippen LogP contribution in [0.3, 0.4) is 0 Å². The number of likely N-dealkylation sites (N-methyl/N-ethyl adjacent to an activating group) is 1. The summed E-state index contributed by atoms with van der Waals surface area (Å²) in [5, 5.41) is 4.10. The van der Waals surface area contributed by atoms with Gasteiger partial charge in [0.05, 0.1) is 5.75 Å². The van der Waals surface area contributed by atoms with E-state index in [9.17, 15) is 9.59 Å². The van der Waals surface area contributed by atoms with Crippen LogP contribution in [-0.2, 0) is 24.2 Å². The van der Waals surface area contributed by atoms with Gasteiger partial charge in [0.25, 0.3) is 0 Å². The Labute approximate surface area is 174 Å². The van der Waals surface area contributed by atoms with Gasteiger partial charge in [0.2, 0.25) is 5.91 Å². The molecule has 150 valence electrons. The number of amides is 1. The van der Waals surface area contributed by atoms with Crippen molar-refractivity contribution < 1.29 is 4.79 Å². The van der Waals surface area contributed by atoms with Gasteiger partial charge in [-0.2, -0.15) is 4.98 Å². The van der Waals surface area contributed by atoms with E-state index in [0.717, 1.165) is 43.5 Å². The van der Waals surface area contributed by atoms with E-state index >= 15 is 0 Å². The van der Waals surface area contributed by atoms with Gasteiger partial charge in [-0.1, -0.05) is 29.4 Å². The number of benzene rings is 1. The van der Waals surface area contributed by atoms with Crippen LogP contribution >= 0.6 is 23.4 Å². The van der Waals surface area contributed by atoms with Crippen LogP contribution in [0.4, 0.5) is 5.69 Å². The van der Waals surface area contributed by atoms with Crippen molar-refractivity contribution in [3.63, 3.8) is 0 Å². The number of carbonyl (C=O) groups excluding carboxylic acids is 1. The van der Waals surface area contributed by atoms with Gasteiger partial charge in [-0.05, 0) is 58.0 Å². The summed E-state index contributed by atoms with van der Waals surface area (Å²) >= 11 is 7.29. The largest absolute Gasteiger partial charge is 0.348 e. The van der Waals surface area contributed by atoms with Crippen molar-refractivity contribution in [3.8, 4) is 0 Å². The molecule has 1 heterocycles. The fourth-order valence-corrected chi connectivity index (χ4v) is 4.36. The Morgan fingerprint density at radius 2 is 2.11 bits per heavy atom. The van der Waals surface area contributed by atoms with E-state index in [-0.39, 0.29) is 17.3 Å². The van der Waals surface area contributed by atoms with Crippen LogP contribution in [0.15, 0.2) is 34.1 Å². The molecule has 1 N–H and O–H groups in total. The van der Waals surface area contributed by atoms with Gasteiger partial charge >= 0.3 is 5.69 Å². The van der Waals surface area contributed by atoms with E-state index in [4.69, 9.17) is 11.6 Å². The first kappa shape index (κ1) is 20.9. The van der Waals surface area contributed by atoms with Gasteiger partial charge in [0.15, 0.2) is 0 Å². The van der Waals surface area contributed by atoms with Crippen LogP contribution in [0.1, 0.15) is 24.1 Å². The predicted octanol–water partition coefficient (Wildman–Crippen LogP) is 3.07. The van der Waals surface area contributed by atoms with Gasteiger partial charge in [-0.25, -0.2) is 4.79 Å². The lowest BCUT2D eigenvalue weighted by Crippen LogP contribution is -2.33. The molecule has 0 saturated heterocycles. The molecule has 0 bridgehead atoms. The third kappa shape index (κ3) is 5.37. The molecule has 1 aliphatic carbocycles. The van der Waals surface area contributed by atoms with Crippen molar-refractivity contribution >= 4 is 35.0 Å². The molecular weight excluding hydrogens is 396 g/mol. The van der Waals surface area contributed by atoms with Gasteiger partial charge in [-0.15, -0.1) is 0 Å². The molecule has 8 heteroatoms. The van der Waals surface area contributed by atoms with E-state index in [1.165, 1.54) is 11.8 Å². The Balaban J connectivity index is 1.74. The van der Waals surface area contributed by atoms with Crippen LogP contribution in [0, 0.1) is 0 Å². The molecule has 2 aromatic rings. The quantitative estimate of drug-likeness (QED) is 0.550. The minimum absolute atomic E-state index is 0.143. The van der Waals surface area contributed by atoms with Crippen molar-refractivity contribution in [2.75, 3.05) is 31.7 Å². The van der Waals surface area contributed by atoms with Crippen molar-refractivity contribution in [3.05, 3.63) is 51.0 Å². The third-order valence-electron chi connectivity index (χ3n) is 4.67. The number of nitrogens with one attached hydrogen (secondary N) is 1. The standard InChI is InChI=1S/C20H25ClN4O2S/c1-24(2)10-11-25-17-9-4-3-8-16(17)19(23-20(25)27)28-13-18(26)22-15-7-5-6-14(21)12-15/h5-7,12H,3-4,8-11,13H2,1-2H3,(H,22,26). The summed E-state index contributed by atoms with van der Waals surface area (Å²) in [5.74, 6) is 0.0584. The molecule has 1 aromatic heterocycles. The lowest BCUT2D eigenvalue weighted by Gasteiger charge is -2.23. The number of anilines is 1. The van der Waals surface area contributed by atoms with Crippen molar-refractivity contribution in [2.24, 2.45) is 0 Å². The number of halogens is 1. The number of rotatable bonds is 7. The average Bonchev–Trinajstić information content (AvgIpc) is 2.65. The molecule has 0 radical (unpaired) electrons. The van der Waals surface area contributed by atoms with E-state index in [2.05, 4.69) is 15.2 Å². The molecular formula is C20H25ClN4O2S. The summed E-state index contributed by atoms with van der Waals surface area (Å²) in [4.78, 5) is 31.3. The Morgan fingerprint density at radius 3 is 2.86 bits per heavy atom. The average molecular weight is 421 g/mol. The normalized spacial score (nSPS) is 13.4. The molecule has 0 fully saturated rings.